The Morgan fingerprint density at radius 2 is 2.29 bits per heavy atom. The van der Waals surface area contributed by atoms with Crippen molar-refractivity contribution in [3.8, 4) is 5.75 Å². The third-order valence-electron chi connectivity index (χ3n) is 4.03. The molecule has 0 radical (unpaired) electrons. The van der Waals surface area contributed by atoms with Gasteiger partial charge >= 0.3 is 6.09 Å². The molecule has 2 N–H and O–H groups in total. The van der Waals surface area contributed by atoms with Crippen molar-refractivity contribution in [2.75, 3.05) is 19.7 Å². The van der Waals surface area contributed by atoms with Crippen molar-refractivity contribution >= 4 is 33.6 Å². The van der Waals surface area contributed by atoms with Crippen molar-refractivity contribution in [1.29, 1.82) is 0 Å². The number of nitrogens with zero attached hydrogens (tertiary/aromatic N) is 1. The van der Waals surface area contributed by atoms with Crippen LogP contribution in [-0.4, -0.2) is 41.8 Å². The molecule has 0 aromatic heterocycles. The first-order valence-electron chi connectivity index (χ1n) is 6.90. The molecular formula is C14H16BrClN2O3. The van der Waals surface area contributed by atoms with Crippen LogP contribution in [0.15, 0.2) is 16.6 Å². The molecule has 7 heteroatoms. The highest BCUT2D eigenvalue weighted by Gasteiger charge is 2.34. The normalized spacial score (nSPS) is 25.2. The van der Waals surface area contributed by atoms with Crippen molar-refractivity contribution in [3.05, 3.63) is 27.2 Å². The van der Waals surface area contributed by atoms with E-state index in [1.54, 1.807) is 0 Å². The van der Waals surface area contributed by atoms with Crippen LogP contribution in [0, 0.1) is 0 Å². The predicted octanol–water partition coefficient (Wildman–Crippen LogP) is 3.27. The van der Waals surface area contributed by atoms with E-state index in [2.05, 4.69) is 26.1 Å². The first-order chi connectivity index (χ1) is 10.0. The van der Waals surface area contributed by atoms with Crippen LogP contribution in [0.1, 0.15) is 24.4 Å². The zero-order chi connectivity index (χ0) is 15.0. The Labute approximate surface area is 136 Å². The van der Waals surface area contributed by atoms with Crippen LogP contribution >= 0.6 is 27.5 Å². The van der Waals surface area contributed by atoms with E-state index in [4.69, 9.17) is 21.4 Å². The summed E-state index contributed by atoms with van der Waals surface area (Å²) in [5.74, 6) is 0.820. The number of nitrogens with one attached hydrogen (secondary N) is 1. The number of halogens is 2. The Kier molecular flexibility index (Phi) is 4.28. The van der Waals surface area contributed by atoms with Gasteiger partial charge in [0.25, 0.3) is 0 Å². The van der Waals surface area contributed by atoms with Gasteiger partial charge in [-0.15, -0.1) is 0 Å². The summed E-state index contributed by atoms with van der Waals surface area (Å²) >= 11 is 9.82. The highest BCUT2D eigenvalue weighted by atomic mass is 79.9. The second-order valence-corrected chi connectivity index (χ2v) is 6.71. The number of hydrogen-bond donors (Lipinski definition) is 2. The van der Waals surface area contributed by atoms with Gasteiger partial charge in [0, 0.05) is 41.6 Å². The predicted molar refractivity (Wildman–Crippen MR) is 83.1 cm³/mol. The molecule has 2 heterocycles. The molecule has 0 spiro atoms. The maximum absolute atomic E-state index is 10.8. The number of likely N-dealkylation sites (tertiary alicyclic amines) is 1. The number of carboxylic acid groups (broad SMARTS) is 1. The summed E-state index contributed by atoms with van der Waals surface area (Å²) in [6.07, 6.45) is 0.734. The lowest BCUT2D eigenvalue weighted by molar-refractivity contribution is 0.160. The number of ether oxygens (including phenoxy) is 1. The van der Waals surface area contributed by atoms with Gasteiger partial charge < -0.3 is 15.2 Å². The molecule has 3 rings (SSSR count). The van der Waals surface area contributed by atoms with Crippen LogP contribution in [-0.2, 0) is 0 Å². The Morgan fingerprint density at radius 3 is 3.05 bits per heavy atom. The van der Waals surface area contributed by atoms with E-state index in [0.29, 0.717) is 18.2 Å². The summed E-state index contributed by atoms with van der Waals surface area (Å²) < 4.78 is 6.62. The zero-order valence-corrected chi connectivity index (χ0v) is 13.7. The van der Waals surface area contributed by atoms with E-state index in [1.165, 1.54) is 0 Å². The molecule has 2 unspecified atom stereocenters. The molecule has 2 atom stereocenters. The number of fused-ring (bicyclic) bond motifs is 1. The van der Waals surface area contributed by atoms with E-state index in [9.17, 15) is 4.79 Å². The molecule has 0 saturated carbocycles. The lowest BCUT2D eigenvalue weighted by Crippen LogP contribution is -2.38. The number of hydrogen-bond acceptors (Lipinski definition) is 3. The maximum atomic E-state index is 10.8. The minimum absolute atomic E-state index is 0.0111. The Bertz CT molecular complexity index is 569. The van der Waals surface area contributed by atoms with Gasteiger partial charge in [-0.3, -0.25) is 4.90 Å². The Balaban J connectivity index is 1.81. The van der Waals surface area contributed by atoms with E-state index in [0.717, 1.165) is 35.2 Å². The van der Waals surface area contributed by atoms with Crippen molar-refractivity contribution in [1.82, 2.24) is 10.2 Å². The summed E-state index contributed by atoms with van der Waals surface area (Å²) in [7, 11) is 0. The van der Waals surface area contributed by atoms with Crippen molar-refractivity contribution in [2.45, 2.75) is 24.9 Å². The molecule has 1 amide bonds. The third-order valence-corrected chi connectivity index (χ3v) is 4.80. The van der Waals surface area contributed by atoms with Gasteiger partial charge in [0.1, 0.15) is 5.75 Å². The summed E-state index contributed by atoms with van der Waals surface area (Å²) in [5.41, 5.74) is 1.02. The number of carbonyl (C=O) groups is 1. The van der Waals surface area contributed by atoms with Crippen LogP contribution in [0.2, 0.25) is 5.02 Å². The fourth-order valence-electron chi connectivity index (χ4n) is 3.16. The molecule has 21 heavy (non-hydrogen) atoms. The smallest absolute Gasteiger partial charge is 0.404 e. The Hall–Kier alpha value is -0.980. The zero-order valence-electron chi connectivity index (χ0n) is 11.3. The van der Waals surface area contributed by atoms with Crippen molar-refractivity contribution < 1.29 is 14.6 Å². The number of amides is 1. The summed E-state index contributed by atoms with van der Waals surface area (Å²) in [6.45, 7) is 2.22. The Morgan fingerprint density at radius 1 is 1.48 bits per heavy atom. The second kappa shape index (κ2) is 6.02. The highest BCUT2D eigenvalue weighted by Crippen LogP contribution is 2.43. The van der Waals surface area contributed by atoms with Crippen molar-refractivity contribution in [3.63, 3.8) is 0 Å². The lowest BCUT2D eigenvalue weighted by atomic mass is 9.99. The third kappa shape index (κ3) is 3.12. The largest absolute Gasteiger partial charge is 0.493 e. The van der Waals surface area contributed by atoms with Gasteiger partial charge in [0.15, 0.2) is 0 Å². The topological polar surface area (TPSA) is 61.8 Å². The monoisotopic (exact) mass is 374 g/mol. The second-order valence-electron chi connectivity index (χ2n) is 5.38. The lowest BCUT2D eigenvalue weighted by Gasteiger charge is -2.34. The number of rotatable bonds is 2. The average molecular weight is 376 g/mol. The molecule has 1 aromatic carbocycles. The van der Waals surface area contributed by atoms with Gasteiger partial charge in [0.05, 0.1) is 11.6 Å². The molecule has 1 fully saturated rings. The molecule has 1 aromatic rings. The number of benzene rings is 1. The van der Waals surface area contributed by atoms with E-state index in [-0.39, 0.29) is 12.1 Å². The fraction of sp³-hybridized carbons (Fsp3) is 0.500. The van der Waals surface area contributed by atoms with Gasteiger partial charge in [-0.2, -0.15) is 0 Å². The molecule has 1 saturated heterocycles. The van der Waals surface area contributed by atoms with Crippen molar-refractivity contribution in [2.24, 2.45) is 0 Å². The van der Waals surface area contributed by atoms with E-state index >= 15 is 0 Å². The minimum Gasteiger partial charge on any atom is -0.493 e. The van der Waals surface area contributed by atoms with Gasteiger partial charge in [0.2, 0.25) is 0 Å². The molecule has 0 bridgehead atoms. The average Bonchev–Trinajstić information content (AvgIpc) is 2.85. The van der Waals surface area contributed by atoms with Crippen LogP contribution in [0.25, 0.3) is 0 Å². The quantitative estimate of drug-likeness (QED) is 0.833. The molecular weight excluding hydrogens is 360 g/mol. The van der Waals surface area contributed by atoms with Crippen LogP contribution in [0.3, 0.4) is 0 Å². The minimum atomic E-state index is -0.962. The van der Waals surface area contributed by atoms with Gasteiger partial charge in [-0.05, 0) is 18.6 Å². The summed E-state index contributed by atoms with van der Waals surface area (Å²) in [4.78, 5) is 13.0. The molecule has 2 aliphatic heterocycles. The highest BCUT2D eigenvalue weighted by molar-refractivity contribution is 9.10. The first-order valence-corrected chi connectivity index (χ1v) is 8.07. The van der Waals surface area contributed by atoms with Gasteiger partial charge in [-0.25, -0.2) is 4.79 Å². The molecule has 2 aliphatic rings. The summed E-state index contributed by atoms with van der Waals surface area (Å²) in [6, 6.07) is 4.00. The van der Waals surface area contributed by atoms with Gasteiger partial charge in [-0.1, -0.05) is 27.5 Å². The maximum Gasteiger partial charge on any atom is 0.404 e. The van der Waals surface area contributed by atoms with E-state index < -0.39 is 6.09 Å². The SMILES string of the molecule is O=C(O)NC1CCN(C2CCOc3cc(Br)cc(Cl)c32)C1. The molecule has 5 nitrogen and oxygen atoms in total. The van der Waals surface area contributed by atoms with E-state index in [1.807, 2.05) is 12.1 Å². The first kappa shape index (κ1) is 14.9. The molecule has 114 valence electrons. The summed E-state index contributed by atoms with van der Waals surface area (Å²) in [5, 5.41) is 12.1. The van der Waals surface area contributed by atoms with Crippen LogP contribution in [0.4, 0.5) is 4.79 Å². The van der Waals surface area contributed by atoms with Crippen LogP contribution in [0.5, 0.6) is 5.75 Å². The van der Waals surface area contributed by atoms with Crippen LogP contribution < -0.4 is 10.1 Å². The standard InChI is InChI=1S/C14H16BrClN2O3/c15-8-5-10(16)13-11(2-4-21-12(13)6-8)18-3-1-9(7-18)17-14(19)20/h5-6,9,11,17H,1-4,7H2,(H,19,20). The fourth-order valence-corrected chi connectivity index (χ4v) is 4.06. The molecule has 0 aliphatic carbocycles.